The second-order valence-corrected chi connectivity index (χ2v) is 2.52. The Morgan fingerprint density at radius 2 is 2.00 bits per heavy atom. The fraction of sp³-hybridized carbons (Fsp3) is 0.222. The molecule has 0 heterocycles. The van der Waals surface area contributed by atoms with Gasteiger partial charge in [-0.15, -0.1) is 0 Å². The summed E-state index contributed by atoms with van der Waals surface area (Å²) in [6.45, 7) is 1.94. The van der Waals surface area contributed by atoms with Crippen molar-refractivity contribution in [1.82, 2.24) is 0 Å². The van der Waals surface area contributed by atoms with Crippen molar-refractivity contribution in [3.63, 3.8) is 0 Å². The fourth-order valence-corrected chi connectivity index (χ4v) is 1.01. The van der Waals surface area contributed by atoms with Gasteiger partial charge in [0.05, 0.1) is 5.71 Å². The molecule has 0 saturated heterocycles. The first-order valence-electron chi connectivity index (χ1n) is 3.84. The minimum atomic E-state index is 0.676. The highest BCUT2D eigenvalue weighted by atomic mass is 16.4. The third kappa shape index (κ3) is 1.75. The van der Waals surface area contributed by atoms with Gasteiger partial charge in [0.2, 0.25) is 0 Å². The van der Waals surface area contributed by atoms with Crippen molar-refractivity contribution < 1.29 is 5.21 Å². The molecule has 3 N–H and O–H groups in total. The zero-order chi connectivity index (χ0) is 8.97. The zero-order valence-corrected chi connectivity index (χ0v) is 6.99. The molecule has 0 unspecified atom stereocenters. The number of hydrogen-bond donors (Lipinski definition) is 2. The number of anilines is 1. The van der Waals surface area contributed by atoms with Gasteiger partial charge in [-0.25, -0.2) is 0 Å². The van der Waals surface area contributed by atoms with E-state index in [1.807, 2.05) is 19.1 Å². The molecule has 1 aromatic rings. The van der Waals surface area contributed by atoms with Gasteiger partial charge in [0.15, 0.2) is 0 Å². The van der Waals surface area contributed by atoms with Crippen molar-refractivity contribution in [2.45, 2.75) is 13.3 Å². The molecule has 0 atom stereocenters. The summed E-state index contributed by atoms with van der Waals surface area (Å²) in [7, 11) is 0. The van der Waals surface area contributed by atoms with E-state index in [-0.39, 0.29) is 0 Å². The third-order valence-electron chi connectivity index (χ3n) is 1.70. The predicted molar refractivity (Wildman–Crippen MR) is 49.5 cm³/mol. The van der Waals surface area contributed by atoms with Crippen molar-refractivity contribution in [2.75, 3.05) is 5.73 Å². The minimum absolute atomic E-state index is 0.676. The summed E-state index contributed by atoms with van der Waals surface area (Å²) in [5, 5.41) is 11.8. The molecule has 1 rings (SSSR count). The van der Waals surface area contributed by atoms with Crippen LogP contribution < -0.4 is 5.73 Å². The van der Waals surface area contributed by atoms with Gasteiger partial charge >= 0.3 is 0 Å². The number of nitrogens with two attached hydrogens (primary N) is 1. The van der Waals surface area contributed by atoms with Crippen molar-refractivity contribution in [3.05, 3.63) is 29.8 Å². The number of nitrogen functional groups attached to an aromatic ring is 1. The maximum absolute atomic E-state index is 8.61. The smallest absolute Gasteiger partial charge is 0.0865 e. The van der Waals surface area contributed by atoms with Crippen molar-refractivity contribution in [3.8, 4) is 0 Å². The summed E-state index contributed by atoms with van der Waals surface area (Å²) in [6, 6.07) is 7.26. The monoisotopic (exact) mass is 164 g/mol. The summed E-state index contributed by atoms with van der Waals surface area (Å²) < 4.78 is 0. The lowest BCUT2D eigenvalue weighted by Crippen LogP contribution is -1.98. The van der Waals surface area contributed by atoms with Crippen molar-refractivity contribution >= 4 is 11.4 Å². The van der Waals surface area contributed by atoms with E-state index in [0.717, 1.165) is 5.56 Å². The SMILES string of the molecule is CC/C(=N\O)c1ccc(N)cc1. The fourth-order valence-electron chi connectivity index (χ4n) is 1.01. The van der Waals surface area contributed by atoms with E-state index in [2.05, 4.69) is 5.16 Å². The van der Waals surface area contributed by atoms with E-state index in [1.165, 1.54) is 0 Å². The van der Waals surface area contributed by atoms with Crippen LogP contribution >= 0.6 is 0 Å². The average molecular weight is 164 g/mol. The Hall–Kier alpha value is -1.51. The van der Waals surface area contributed by atoms with E-state index in [9.17, 15) is 0 Å². The van der Waals surface area contributed by atoms with Crippen LogP contribution in [-0.4, -0.2) is 10.9 Å². The highest BCUT2D eigenvalue weighted by molar-refractivity contribution is 6.00. The van der Waals surface area contributed by atoms with Crippen LogP contribution in [-0.2, 0) is 0 Å². The van der Waals surface area contributed by atoms with Gasteiger partial charge in [0.1, 0.15) is 0 Å². The molecule has 0 radical (unpaired) electrons. The summed E-state index contributed by atoms with van der Waals surface area (Å²) >= 11 is 0. The lowest BCUT2D eigenvalue weighted by Gasteiger charge is -2.00. The Kier molecular flexibility index (Phi) is 2.69. The highest BCUT2D eigenvalue weighted by Crippen LogP contribution is 2.08. The topological polar surface area (TPSA) is 58.6 Å². The van der Waals surface area contributed by atoms with Crippen LogP contribution in [0.25, 0.3) is 0 Å². The molecule has 0 amide bonds. The Bertz CT molecular complexity index is 277. The van der Waals surface area contributed by atoms with E-state index in [4.69, 9.17) is 10.9 Å². The normalized spacial score (nSPS) is 11.6. The molecule has 0 aliphatic carbocycles. The molecule has 3 heteroatoms. The molecule has 0 fully saturated rings. The van der Waals surface area contributed by atoms with Gasteiger partial charge in [-0.3, -0.25) is 0 Å². The number of rotatable bonds is 2. The summed E-state index contributed by atoms with van der Waals surface area (Å²) in [4.78, 5) is 0. The van der Waals surface area contributed by atoms with Gasteiger partial charge in [-0.1, -0.05) is 24.2 Å². The molecule has 0 bridgehead atoms. The molecule has 0 aromatic heterocycles. The average Bonchev–Trinajstić information content (AvgIpc) is 2.10. The van der Waals surface area contributed by atoms with Crippen molar-refractivity contribution in [2.24, 2.45) is 5.16 Å². The van der Waals surface area contributed by atoms with Gasteiger partial charge in [-0.2, -0.15) is 0 Å². The Morgan fingerprint density at radius 1 is 1.42 bits per heavy atom. The second-order valence-electron chi connectivity index (χ2n) is 2.52. The highest BCUT2D eigenvalue weighted by Gasteiger charge is 1.99. The number of oxime groups is 1. The second kappa shape index (κ2) is 3.76. The molecular formula is C9H12N2O. The predicted octanol–water partition coefficient (Wildman–Crippen LogP) is 1.86. The first-order chi connectivity index (χ1) is 5.77. The van der Waals surface area contributed by atoms with Gasteiger partial charge in [0, 0.05) is 5.69 Å². The van der Waals surface area contributed by atoms with Gasteiger partial charge in [-0.05, 0) is 24.1 Å². The summed E-state index contributed by atoms with van der Waals surface area (Å²) in [5.74, 6) is 0. The summed E-state index contributed by atoms with van der Waals surface area (Å²) in [6.07, 6.45) is 0.709. The number of benzene rings is 1. The molecule has 0 aliphatic heterocycles. The Morgan fingerprint density at radius 3 is 2.42 bits per heavy atom. The third-order valence-corrected chi connectivity index (χ3v) is 1.70. The molecular weight excluding hydrogens is 152 g/mol. The molecule has 3 nitrogen and oxygen atoms in total. The van der Waals surface area contributed by atoms with Crippen LogP contribution in [0.1, 0.15) is 18.9 Å². The quantitative estimate of drug-likeness (QED) is 0.303. The lowest BCUT2D eigenvalue weighted by atomic mass is 10.1. The maximum atomic E-state index is 8.61. The van der Waals surface area contributed by atoms with Crippen LogP contribution in [0, 0.1) is 0 Å². The van der Waals surface area contributed by atoms with Crippen LogP contribution in [0.5, 0.6) is 0 Å². The van der Waals surface area contributed by atoms with Crippen LogP contribution in [0.2, 0.25) is 0 Å². The van der Waals surface area contributed by atoms with Gasteiger partial charge < -0.3 is 10.9 Å². The Balaban J connectivity index is 2.96. The van der Waals surface area contributed by atoms with Gasteiger partial charge in [0.25, 0.3) is 0 Å². The van der Waals surface area contributed by atoms with Crippen LogP contribution in [0.15, 0.2) is 29.4 Å². The summed E-state index contributed by atoms with van der Waals surface area (Å²) in [5.41, 5.74) is 7.81. The number of hydrogen-bond acceptors (Lipinski definition) is 3. The molecule has 12 heavy (non-hydrogen) atoms. The van der Waals surface area contributed by atoms with Crippen LogP contribution in [0.4, 0.5) is 5.69 Å². The molecule has 0 spiro atoms. The maximum Gasteiger partial charge on any atom is 0.0865 e. The molecule has 0 aliphatic rings. The molecule has 1 aromatic carbocycles. The van der Waals surface area contributed by atoms with E-state index in [0.29, 0.717) is 17.8 Å². The van der Waals surface area contributed by atoms with Crippen molar-refractivity contribution in [1.29, 1.82) is 0 Å². The standard InChI is InChI=1S/C9H12N2O/c1-2-9(11-12)7-3-5-8(10)6-4-7/h3-6,12H,2,10H2,1H3/b11-9+. The lowest BCUT2D eigenvalue weighted by molar-refractivity contribution is 0.318. The minimum Gasteiger partial charge on any atom is -0.411 e. The molecule has 64 valence electrons. The van der Waals surface area contributed by atoms with Crippen LogP contribution in [0.3, 0.4) is 0 Å². The number of nitrogens with zero attached hydrogens (tertiary/aromatic N) is 1. The first-order valence-corrected chi connectivity index (χ1v) is 3.84. The first kappa shape index (κ1) is 8.59. The zero-order valence-electron chi connectivity index (χ0n) is 6.99. The van der Waals surface area contributed by atoms with E-state index >= 15 is 0 Å². The largest absolute Gasteiger partial charge is 0.411 e. The Labute approximate surface area is 71.5 Å². The molecule has 0 saturated carbocycles. The van der Waals surface area contributed by atoms with E-state index < -0.39 is 0 Å². The van der Waals surface area contributed by atoms with E-state index in [1.54, 1.807) is 12.1 Å².